The number of nitrogens with zero attached hydrogens (tertiary/aromatic N) is 2. The Labute approximate surface area is 122 Å². The second-order valence-electron chi connectivity index (χ2n) is 5.31. The van der Waals surface area contributed by atoms with Gasteiger partial charge in [-0.05, 0) is 31.0 Å². The summed E-state index contributed by atoms with van der Waals surface area (Å²) < 4.78 is 18.7. The van der Waals surface area contributed by atoms with Crippen LogP contribution in [0.15, 0.2) is 24.3 Å². The Balaban J connectivity index is 1.80. The zero-order valence-corrected chi connectivity index (χ0v) is 12.0. The number of rotatable bonds is 3. The van der Waals surface area contributed by atoms with Crippen LogP contribution in [0.4, 0.5) is 10.2 Å². The number of benzene rings is 1. The van der Waals surface area contributed by atoms with Crippen molar-refractivity contribution in [3.05, 3.63) is 30.1 Å². The van der Waals surface area contributed by atoms with E-state index in [1.165, 1.54) is 13.2 Å². The normalized spacial score (nSPS) is 16.2. The minimum Gasteiger partial charge on any atom is -0.494 e. The van der Waals surface area contributed by atoms with Crippen molar-refractivity contribution in [1.29, 1.82) is 0 Å². The van der Waals surface area contributed by atoms with Crippen LogP contribution in [0.2, 0.25) is 0 Å². The van der Waals surface area contributed by atoms with E-state index in [2.05, 4.69) is 15.1 Å². The summed E-state index contributed by atoms with van der Waals surface area (Å²) in [6, 6.07) is 7.10. The number of piperidine rings is 1. The molecule has 3 rings (SSSR count). The highest BCUT2D eigenvalue weighted by atomic mass is 19.1. The lowest BCUT2D eigenvalue weighted by Gasteiger charge is -2.29. The van der Waals surface area contributed by atoms with Gasteiger partial charge in [0.2, 0.25) is 0 Å². The molecule has 5 nitrogen and oxygen atoms in total. The second-order valence-corrected chi connectivity index (χ2v) is 5.31. The molecule has 1 aliphatic heterocycles. The van der Waals surface area contributed by atoms with Gasteiger partial charge in [-0.1, -0.05) is 0 Å². The number of anilines is 1. The molecule has 3 N–H and O–H groups in total. The quantitative estimate of drug-likeness (QED) is 0.909. The molecule has 1 aliphatic rings. The van der Waals surface area contributed by atoms with Crippen LogP contribution in [-0.4, -0.2) is 36.4 Å². The predicted octanol–water partition coefficient (Wildman–Crippen LogP) is 2.15. The summed E-state index contributed by atoms with van der Waals surface area (Å²) in [4.78, 5) is 2.20. The molecule has 1 fully saturated rings. The summed E-state index contributed by atoms with van der Waals surface area (Å²) >= 11 is 0. The molecule has 0 unspecified atom stereocenters. The fourth-order valence-corrected chi connectivity index (χ4v) is 2.58. The highest BCUT2D eigenvalue weighted by Gasteiger charge is 2.18. The third-order valence-corrected chi connectivity index (χ3v) is 3.89. The lowest BCUT2D eigenvalue weighted by Crippen LogP contribution is -2.39. The maximum atomic E-state index is 13.8. The minimum atomic E-state index is -0.380. The van der Waals surface area contributed by atoms with E-state index < -0.39 is 0 Å². The molecule has 0 radical (unpaired) electrons. The maximum absolute atomic E-state index is 13.8. The van der Waals surface area contributed by atoms with Gasteiger partial charge in [-0.2, -0.15) is 5.10 Å². The first kappa shape index (κ1) is 13.9. The first-order chi connectivity index (χ1) is 10.2. The first-order valence-corrected chi connectivity index (χ1v) is 7.07. The molecule has 0 aliphatic carbocycles. The van der Waals surface area contributed by atoms with E-state index in [4.69, 9.17) is 10.5 Å². The van der Waals surface area contributed by atoms with Gasteiger partial charge >= 0.3 is 0 Å². The van der Waals surface area contributed by atoms with E-state index in [1.54, 1.807) is 6.07 Å². The summed E-state index contributed by atoms with van der Waals surface area (Å²) in [5, 5.41) is 7.28. The average Bonchev–Trinajstić information content (AvgIpc) is 2.98. The fraction of sp³-hybridized carbons (Fsp3) is 0.400. The first-order valence-electron chi connectivity index (χ1n) is 7.07. The average molecular weight is 290 g/mol. The van der Waals surface area contributed by atoms with Crippen molar-refractivity contribution in [1.82, 2.24) is 10.2 Å². The summed E-state index contributed by atoms with van der Waals surface area (Å²) in [6.45, 7) is 1.81. The Morgan fingerprint density at radius 3 is 2.76 bits per heavy atom. The molecule has 6 heteroatoms. The third-order valence-electron chi connectivity index (χ3n) is 3.89. The van der Waals surface area contributed by atoms with E-state index >= 15 is 0 Å². The van der Waals surface area contributed by atoms with Gasteiger partial charge in [0.25, 0.3) is 0 Å². The van der Waals surface area contributed by atoms with E-state index in [0.717, 1.165) is 43.0 Å². The van der Waals surface area contributed by atoms with Crippen LogP contribution < -0.4 is 15.4 Å². The number of nitrogens with two attached hydrogens (primary N) is 1. The molecular weight excluding hydrogens is 271 g/mol. The van der Waals surface area contributed by atoms with Crippen molar-refractivity contribution < 1.29 is 9.13 Å². The van der Waals surface area contributed by atoms with Gasteiger partial charge in [0.1, 0.15) is 0 Å². The van der Waals surface area contributed by atoms with Gasteiger partial charge in [-0.15, -0.1) is 0 Å². The number of hydrogen-bond acceptors (Lipinski definition) is 4. The van der Waals surface area contributed by atoms with Crippen molar-refractivity contribution >= 4 is 5.82 Å². The standard InChI is InChI=1S/C15H19FN4O/c1-21-14-3-2-10(8-12(14)16)13-9-15(19-18-13)20-6-4-11(17)5-7-20/h2-3,8-9,11H,4-7,17H2,1H3,(H,18,19). The number of nitrogens with one attached hydrogen (secondary N) is 1. The van der Waals surface area contributed by atoms with Crippen LogP contribution in [-0.2, 0) is 0 Å². The van der Waals surface area contributed by atoms with Gasteiger partial charge < -0.3 is 15.4 Å². The van der Waals surface area contributed by atoms with E-state index in [0.29, 0.717) is 0 Å². The van der Waals surface area contributed by atoms with Gasteiger partial charge in [0.05, 0.1) is 12.8 Å². The summed E-state index contributed by atoms with van der Waals surface area (Å²) in [7, 11) is 1.45. The Bertz CT molecular complexity index is 620. The van der Waals surface area contributed by atoms with Crippen LogP contribution in [0.1, 0.15) is 12.8 Å². The molecule has 1 aromatic heterocycles. The number of ether oxygens (including phenoxy) is 1. The number of methoxy groups -OCH3 is 1. The van der Waals surface area contributed by atoms with Crippen LogP contribution >= 0.6 is 0 Å². The lowest BCUT2D eigenvalue weighted by atomic mass is 10.1. The van der Waals surface area contributed by atoms with Crippen molar-refractivity contribution in [2.45, 2.75) is 18.9 Å². The molecule has 0 bridgehead atoms. The van der Waals surface area contributed by atoms with Gasteiger partial charge in [0.15, 0.2) is 17.4 Å². The predicted molar refractivity (Wildman–Crippen MR) is 80.0 cm³/mol. The van der Waals surface area contributed by atoms with Crippen LogP contribution in [0.3, 0.4) is 0 Å². The molecule has 1 aromatic carbocycles. The van der Waals surface area contributed by atoms with Gasteiger partial charge in [0, 0.05) is 30.8 Å². The zero-order chi connectivity index (χ0) is 14.8. The molecule has 0 saturated carbocycles. The van der Waals surface area contributed by atoms with Crippen molar-refractivity contribution in [3.63, 3.8) is 0 Å². The van der Waals surface area contributed by atoms with E-state index in [1.807, 2.05) is 12.1 Å². The van der Waals surface area contributed by atoms with E-state index in [-0.39, 0.29) is 17.6 Å². The minimum absolute atomic E-state index is 0.239. The van der Waals surface area contributed by atoms with Crippen LogP contribution in [0, 0.1) is 5.82 Å². The van der Waals surface area contributed by atoms with Crippen LogP contribution in [0.25, 0.3) is 11.3 Å². The molecule has 2 aromatic rings. The molecule has 0 amide bonds. The molecule has 0 atom stereocenters. The number of aromatic amines is 1. The fourth-order valence-electron chi connectivity index (χ4n) is 2.58. The Kier molecular flexibility index (Phi) is 3.79. The highest BCUT2D eigenvalue weighted by Crippen LogP contribution is 2.27. The summed E-state index contributed by atoms with van der Waals surface area (Å²) in [6.07, 6.45) is 1.94. The topological polar surface area (TPSA) is 67.2 Å². The monoisotopic (exact) mass is 290 g/mol. The van der Waals surface area contributed by atoms with Crippen molar-refractivity contribution in [3.8, 4) is 17.0 Å². The molecule has 0 spiro atoms. The highest BCUT2D eigenvalue weighted by molar-refractivity contribution is 5.64. The Morgan fingerprint density at radius 2 is 2.10 bits per heavy atom. The van der Waals surface area contributed by atoms with Gasteiger partial charge in [-0.3, -0.25) is 5.10 Å². The Morgan fingerprint density at radius 1 is 1.33 bits per heavy atom. The molecule has 112 valence electrons. The summed E-state index contributed by atoms with van der Waals surface area (Å²) in [5.74, 6) is 0.742. The summed E-state index contributed by atoms with van der Waals surface area (Å²) in [5.41, 5.74) is 7.45. The molecular formula is C15H19FN4O. The van der Waals surface area contributed by atoms with Crippen molar-refractivity contribution in [2.75, 3.05) is 25.1 Å². The second kappa shape index (κ2) is 5.73. The molecule has 2 heterocycles. The number of aromatic nitrogens is 2. The molecule has 1 saturated heterocycles. The number of halogens is 1. The van der Waals surface area contributed by atoms with E-state index in [9.17, 15) is 4.39 Å². The molecule has 21 heavy (non-hydrogen) atoms. The maximum Gasteiger partial charge on any atom is 0.165 e. The largest absolute Gasteiger partial charge is 0.494 e. The SMILES string of the molecule is COc1ccc(-c2cc(N3CCC(N)CC3)n[nH]2)cc1F. The number of H-pyrrole nitrogens is 1. The number of hydrogen-bond donors (Lipinski definition) is 2. The zero-order valence-electron chi connectivity index (χ0n) is 12.0. The van der Waals surface area contributed by atoms with Gasteiger partial charge in [-0.25, -0.2) is 4.39 Å². The van der Waals surface area contributed by atoms with Crippen LogP contribution in [0.5, 0.6) is 5.75 Å². The Hall–Kier alpha value is -2.08. The van der Waals surface area contributed by atoms with Crippen molar-refractivity contribution in [2.24, 2.45) is 5.73 Å². The lowest BCUT2D eigenvalue weighted by molar-refractivity contribution is 0.386. The smallest absolute Gasteiger partial charge is 0.165 e. The third kappa shape index (κ3) is 2.85.